The minimum atomic E-state index is 0.690. The molecule has 2 aromatic rings. The Hall–Kier alpha value is -0.930. The molecule has 0 unspecified atom stereocenters. The van der Waals surface area contributed by atoms with Gasteiger partial charge in [-0.15, -0.1) is 11.3 Å². The number of hydrogen-bond acceptors (Lipinski definition) is 3. The van der Waals surface area contributed by atoms with Gasteiger partial charge in [-0.2, -0.15) is 0 Å². The number of thiazole rings is 1. The van der Waals surface area contributed by atoms with Crippen molar-refractivity contribution in [2.45, 2.75) is 38.5 Å². The topological polar surface area (TPSA) is 16.1 Å². The number of aromatic nitrogens is 1. The van der Waals surface area contributed by atoms with Crippen LogP contribution in [0.15, 0.2) is 24.3 Å². The lowest BCUT2D eigenvalue weighted by Crippen LogP contribution is -2.33. The Morgan fingerprint density at radius 3 is 2.79 bits per heavy atom. The zero-order valence-corrected chi connectivity index (χ0v) is 12.5. The normalized spacial score (nSPS) is 18.2. The fourth-order valence-electron chi connectivity index (χ4n) is 2.85. The van der Waals surface area contributed by atoms with E-state index in [0.29, 0.717) is 5.92 Å². The average Bonchev–Trinajstić information content (AvgIpc) is 2.89. The van der Waals surface area contributed by atoms with Crippen LogP contribution in [0.5, 0.6) is 0 Å². The number of fused-ring (bicyclic) bond motifs is 1. The summed E-state index contributed by atoms with van der Waals surface area (Å²) in [6, 6.07) is 8.51. The quantitative estimate of drug-likeness (QED) is 0.827. The van der Waals surface area contributed by atoms with Crippen LogP contribution in [-0.2, 0) is 0 Å². The molecule has 1 aromatic heterocycles. The van der Waals surface area contributed by atoms with Gasteiger partial charge in [-0.25, -0.2) is 4.98 Å². The SMILES string of the molecule is CCCCN1CCC(c2nc3ccccc3s2)CC1. The van der Waals surface area contributed by atoms with Gasteiger partial charge in [-0.3, -0.25) is 0 Å². The summed E-state index contributed by atoms with van der Waals surface area (Å²) >= 11 is 1.89. The van der Waals surface area contributed by atoms with Crippen LogP contribution >= 0.6 is 11.3 Å². The Labute approximate surface area is 119 Å². The molecule has 1 fully saturated rings. The maximum absolute atomic E-state index is 4.82. The third-order valence-corrected chi connectivity index (χ3v) is 5.27. The van der Waals surface area contributed by atoms with Crippen LogP contribution in [0.25, 0.3) is 10.2 Å². The van der Waals surface area contributed by atoms with E-state index in [0.717, 1.165) is 0 Å². The first kappa shape index (κ1) is 13.1. The lowest BCUT2D eigenvalue weighted by Gasteiger charge is -2.30. The maximum atomic E-state index is 4.82. The highest BCUT2D eigenvalue weighted by molar-refractivity contribution is 7.18. The van der Waals surface area contributed by atoms with E-state index in [1.807, 2.05) is 11.3 Å². The predicted octanol–water partition coefficient (Wildman–Crippen LogP) is 4.28. The van der Waals surface area contributed by atoms with Gasteiger partial charge in [0.15, 0.2) is 0 Å². The fourth-order valence-corrected chi connectivity index (χ4v) is 3.99. The highest BCUT2D eigenvalue weighted by Crippen LogP contribution is 2.33. The molecule has 0 bridgehead atoms. The monoisotopic (exact) mass is 274 g/mol. The van der Waals surface area contributed by atoms with Crippen LogP contribution in [0.3, 0.4) is 0 Å². The van der Waals surface area contributed by atoms with Gasteiger partial charge in [0.1, 0.15) is 0 Å². The number of rotatable bonds is 4. The van der Waals surface area contributed by atoms with Crippen molar-refractivity contribution in [1.82, 2.24) is 9.88 Å². The van der Waals surface area contributed by atoms with Gasteiger partial charge in [0.25, 0.3) is 0 Å². The molecule has 3 heteroatoms. The van der Waals surface area contributed by atoms with Crippen LogP contribution in [0.1, 0.15) is 43.5 Å². The molecule has 2 nitrogen and oxygen atoms in total. The molecule has 0 radical (unpaired) electrons. The molecule has 1 saturated heterocycles. The number of hydrogen-bond donors (Lipinski definition) is 0. The molecular weight excluding hydrogens is 252 g/mol. The van der Waals surface area contributed by atoms with Crippen molar-refractivity contribution in [3.63, 3.8) is 0 Å². The van der Waals surface area contributed by atoms with E-state index >= 15 is 0 Å². The lowest BCUT2D eigenvalue weighted by atomic mass is 9.97. The van der Waals surface area contributed by atoms with Crippen molar-refractivity contribution < 1.29 is 0 Å². The van der Waals surface area contributed by atoms with E-state index in [-0.39, 0.29) is 0 Å². The number of benzene rings is 1. The average molecular weight is 274 g/mol. The summed E-state index contributed by atoms with van der Waals surface area (Å²) < 4.78 is 1.34. The van der Waals surface area contributed by atoms with E-state index < -0.39 is 0 Å². The fraction of sp³-hybridized carbons (Fsp3) is 0.562. The van der Waals surface area contributed by atoms with Crippen LogP contribution in [0, 0.1) is 0 Å². The standard InChI is InChI=1S/C16H22N2S/c1-2-3-10-18-11-8-13(9-12-18)16-17-14-6-4-5-7-15(14)19-16/h4-7,13H,2-3,8-12H2,1H3. The summed E-state index contributed by atoms with van der Waals surface area (Å²) in [5, 5.41) is 1.36. The Balaban J connectivity index is 1.64. The van der Waals surface area contributed by atoms with Crippen LogP contribution in [0.2, 0.25) is 0 Å². The number of unbranched alkanes of at least 4 members (excludes halogenated alkanes) is 1. The molecule has 102 valence electrons. The first-order valence-corrected chi connectivity index (χ1v) is 8.26. The van der Waals surface area contributed by atoms with Gasteiger partial charge >= 0.3 is 0 Å². The van der Waals surface area contributed by atoms with Gasteiger partial charge in [0.05, 0.1) is 15.2 Å². The largest absolute Gasteiger partial charge is 0.303 e. The van der Waals surface area contributed by atoms with Crippen molar-refractivity contribution in [3.8, 4) is 0 Å². The van der Waals surface area contributed by atoms with E-state index in [9.17, 15) is 0 Å². The summed E-state index contributed by atoms with van der Waals surface area (Å²) in [6.45, 7) is 6.05. The smallest absolute Gasteiger partial charge is 0.0970 e. The Bertz CT molecular complexity index is 493. The molecule has 1 aromatic carbocycles. The number of piperidine rings is 1. The molecule has 0 spiro atoms. The summed E-state index contributed by atoms with van der Waals surface area (Å²) in [4.78, 5) is 7.44. The van der Waals surface area contributed by atoms with Crippen molar-refractivity contribution in [2.24, 2.45) is 0 Å². The zero-order chi connectivity index (χ0) is 13.1. The minimum absolute atomic E-state index is 0.690. The summed E-state index contributed by atoms with van der Waals surface area (Å²) in [5.74, 6) is 0.690. The third-order valence-electron chi connectivity index (χ3n) is 4.08. The van der Waals surface area contributed by atoms with Gasteiger partial charge in [0.2, 0.25) is 0 Å². The van der Waals surface area contributed by atoms with Crippen molar-refractivity contribution >= 4 is 21.6 Å². The second-order valence-corrected chi connectivity index (χ2v) is 6.55. The predicted molar refractivity (Wildman–Crippen MR) is 82.9 cm³/mol. The van der Waals surface area contributed by atoms with Crippen LogP contribution in [0.4, 0.5) is 0 Å². The maximum Gasteiger partial charge on any atom is 0.0970 e. The Morgan fingerprint density at radius 1 is 1.26 bits per heavy atom. The molecule has 0 atom stereocenters. The molecule has 0 saturated carbocycles. The van der Waals surface area contributed by atoms with Gasteiger partial charge in [0, 0.05) is 5.92 Å². The van der Waals surface area contributed by atoms with Crippen molar-refractivity contribution in [2.75, 3.05) is 19.6 Å². The molecular formula is C16H22N2S. The molecule has 1 aliphatic rings. The van der Waals surface area contributed by atoms with Gasteiger partial charge in [-0.05, 0) is 51.0 Å². The van der Waals surface area contributed by atoms with E-state index in [4.69, 9.17) is 4.98 Å². The van der Waals surface area contributed by atoms with Crippen molar-refractivity contribution in [3.05, 3.63) is 29.3 Å². The number of likely N-dealkylation sites (tertiary alicyclic amines) is 1. The number of para-hydroxylation sites is 1. The second kappa shape index (κ2) is 6.02. The highest BCUT2D eigenvalue weighted by Gasteiger charge is 2.22. The third kappa shape index (κ3) is 2.98. The molecule has 19 heavy (non-hydrogen) atoms. The zero-order valence-electron chi connectivity index (χ0n) is 11.6. The van der Waals surface area contributed by atoms with E-state index in [1.54, 1.807) is 0 Å². The molecule has 0 aliphatic carbocycles. The molecule has 3 rings (SSSR count). The molecule has 0 amide bonds. The van der Waals surface area contributed by atoms with Crippen LogP contribution < -0.4 is 0 Å². The summed E-state index contributed by atoms with van der Waals surface area (Å²) in [6.07, 6.45) is 5.21. The van der Waals surface area contributed by atoms with Crippen LogP contribution in [-0.4, -0.2) is 29.5 Å². The first-order chi connectivity index (χ1) is 9.36. The van der Waals surface area contributed by atoms with E-state index in [1.165, 1.54) is 60.5 Å². The Kier molecular flexibility index (Phi) is 4.14. The summed E-state index contributed by atoms with van der Waals surface area (Å²) in [5.41, 5.74) is 1.18. The lowest BCUT2D eigenvalue weighted by molar-refractivity contribution is 0.209. The first-order valence-electron chi connectivity index (χ1n) is 7.44. The van der Waals surface area contributed by atoms with Gasteiger partial charge in [-0.1, -0.05) is 25.5 Å². The summed E-state index contributed by atoms with van der Waals surface area (Å²) in [7, 11) is 0. The minimum Gasteiger partial charge on any atom is -0.303 e. The molecule has 1 aliphatic heterocycles. The molecule has 2 heterocycles. The Morgan fingerprint density at radius 2 is 2.05 bits per heavy atom. The molecule has 0 N–H and O–H groups in total. The number of nitrogens with zero attached hydrogens (tertiary/aromatic N) is 2. The highest BCUT2D eigenvalue weighted by atomic mass is 32.1. The van der Waals surface area contributed by atoms with Gasteiger partial charge < -0.3 is 4.90 Å². The van der Waals surface area contributed by atoms with Crippen molar-refractivity contribution in [1.29, 1.82) is 0 Å². The van der Waals surface area contributed by atoms with E-state index in [2.05, 4.69) is 36.1 Å². The second-order valence-electron chi connectivity index (χ2n) is 5.49.